The summed E-state index contributed by atoms with van der Waals surface area (Å²) in [6, 6.07) is 7.39. The Balaban J connectivity index is 2.77. The summed E-state index contributed by atoms with van der Waals surface area (Å²) in [5, 5.41) is 3.02. The van der Waals surface area contributed by atoms with Crippen molar-refractivity contribution in [3.63, 3.8) is 0 Å². The van der Waals surface area contributed by atoms with Gasteiger partial charge in [-0.25, -0.2) is 4.98 Å². The van der Waals surface area contributed by atoms with Crippen LogP contribution in [0.25, 0.3) is 10.8 Å². The van der Waals surface area contributed by atoms with Gasteiger partial charge in [0.15, 0.2) is 0 Å². The van der Waals surface area contributed by atoms with E-state index in [1.165, 1.54) is 0 Å². The fourth-order valence-electron chi connectivity index (χ4n) is 1.34. The Kier molecular flexibility index (Phi) is 2.59. The zero-order valence-corrected chi connectivity index (χ0v) is 8.81. The Morgan fingerprint density at radius 3 is 2.71 bits per heavy atom. The van der Waals surface area contributed by atoms with Crippen molar-refractivity contribution in [2.45, 2.75) is 6.54 Å². The van der Waals surface area contributed by atoms with E-state index in [2.05, 4.69) is 4.98 Å². The van der Waals surface area contributed by atoms with Crippen LogP contribution in [-0.2, 0) is 6.54 Å². The lowest BCUT2D eigenvalue weighted by atomic mass is 10.1. The molecule has 72 valence electrons. The van der Waals surface area contributed by atoms with E-state index < -0.39 is 0 Å². The van der Waals surface area contributed by atoms with Crippen LogP contribution in [0.5, 0.6) is 0 Å². The number of benzene rings is 1. The van der Waals surface area contributed by atoms with Gasteiger partial charge in [-0.05, 0) is 29.7 Å². The van der Waals surface area contributed by atoms with Crippen molar-refractivity contribution in [2.75, 3.05) is 0 Å². The van der Waals surface area contributed by atoms with Gasteiger partial charge in [0.1, 0.15) is 5.15 Å². The van der Waals surface area contributed by atoms with Crippen LogP contribution in [0.15, 0.2) is 24.3 Å². The van der Waals surface area contributed by atoms with Crippen LogP contribution < -0.4 is 5.73 Å². The van der Waals surface area contributed by atoms with E-state index in [-0.39, 0.29) is 0 Å². The molecule has 4 heteroatoms. The third-order valence-corrected chi connectivity index (χ3v) is 2.53. The highest BCUT2D eigenvalue weighted by Crippen LogP contribution is 2.25. The standard InChI is InChI=1S/C10H8Cl2N2/c11-7-1-2-9-6(3-7)4-8(5-13)14-10(9)12/h1-4H,5,13H2. The van der Waals surface area contributed by atoms with E-state index in [1.807, 2.05) is 18.2 Å². The van der Waals surface area contributed by atoms with Gasteiger partial charge >= 0.3 is 0 Å². The molecule has 1 aromatic carbocycles. The summed E-state index contributed by atoms with van der Waals surface area (Å²) in [4.78, 5) is 4.15. The first-order valence-corrected chi connectivity index (χ1v) is 4.91. The normalized spacial score (nSPS) is 10.8. The third kappa shape index (κ3) is 1.69. The number of hydrogen-bond donors (Lipinski definition) is 1. The zero-order valence-electron chi connectivity index (χ0n) is 7.30. The van der Waals surface area contributed by atoms with Gasteiger partial charge in [0.2, 0.25) is 0 Å². The molecular formula is C10H8Cl2N2. The molecule has 0 atom stereocenters. The maximum atomic E-state index is 5.98. The van der Waals surface area contributed by atoms with E-state index >= 15 is 0 Å². The number of hydrogen-bond acceptors (Lipinski definition) is 2. The van der Waals surface area contributed by atoms with E-state index in [4.69, 9.17) is 28.9 Å². The van der Waals surface area contributed by atoms with Gasteiger partial charge in [-0.15, -0.1) is 0 Å². The molecule has 2 N–H and O–H groups in total. The molecule has 2 aromatic rings. The number of halogens is 2. The second kappa shape index (κ2) is 3.73. The van der Waals surface area contributed by atoms with Crippen molar-refractivity contribution in [3.8, 4) is 0 Å². The molecule has 0 aliphatic carbocycles. The molecule has 14 heavy (non-hydrogen) atoms. The predicted molar refractivity (Wildman–Crippen MR) is 59.7 cm³/mol. The molecule has 2 rings (SSSR count). The lowest BCUT2D eigenvalue weighted by Crippen LogP contribution is -1.99. The molecule has 0 bridgehead atoms. The molecular weight excluding hydrogens is 219 g/mol. The Morgan fingerprint density at radius 2 is 2.00 bits per heavy atom. The van der Waals surface area contributed by atoms with Crippen LogP contribution in [0, 0.1) is 0 Å². The monoisotopic (exact) mass is 226 g/mol. The molecule has 0 amide bonds. The molecule has 0 saturated heterocycles. The average molecular weight is 227 g/mol. The quantitative estimate of drug-likeness (QED) is 0.760. The lowest BCUT2D eigenvalue weighted by Gasteiger charge is -2.03. The molecule has 0 unspecified atom stereocenters. The molecule has 0 aliphatic heterocycles. The number of pyridine rings is 1. The van der Waals surface area contributed by atoms with Crippen LogP contribution in [0.2, 0.25) is 10.2 Å². The highest BCUT2D eigenvalue weighted by atomic mass is 35.5. The van der Waals surface area contributed by atoms with Crippen LogP contribution in [-0.4, -0.2) is 4.98 Å². The SMILES string of the molecule is NCc1cc2cc(Cl)ccc2c(Cl)n1. The third-order valence-electron chi connectivity index (χ3n) is 2.01. The number of aromatic nitrogens is 1. The van der Waals surface area contributed by atoms with Gasteiger partial charge in [0.05, 0.1) is 5.69 Å². The highest BCUT2D eigenvalue weighted by Gasteiger charge is 2.03. The van der Waals surface area contributed by atoms with Gasteiger partial charge < -0.3 is 5.73 Å². The maximum Gasteiger partial charge on any atom is 0.137 e. The Bertz CT molecular complexity index is 483. The minimum absolute atomic E-state index is 0.377. The topological polar surface area (TPSA) is 38.9 Å². The largest absolute Gasteiger partial charge is 0.325 e. The van der Waals surface area contributed by atoms with Crippen LogP contribution in [0.3, 0.4) is 0 Å². The lowest BCUT2D eigenvalue weighted by molar-refractivity contribution is 0.998. The number of nitrogens with two attached hydrogens (primary N) is 1. The summed E-state index contributed by atoms with van der Waals surface area (Å²) in [6.45, 7) is 0.377. The van der Waals surface area contributed by atoms with Gasteiger partial charge in [0, 0.05) is 17.0 Å². The molecule has 0 aliphatic rings. The fraction of sp³-hybridized carbons (Fsp3) is 0.100. The average Bonchev–Trinajstić information content (AvgIpc) is 2.16. The van der Waals surface area contributed by atoms with Crippen molar-refractivity contribution in [2.24, 2.45) is 5.73 Å². The number of rotatable bonds is 1. The first kappa shape index (κ1) is 9.71. The smallest absolute Gasteiger partial charge is 0.137 e. The number of nitrogens with zero attached hydrogens (tertiary/aromatic N) is 1. The minimum Gasteiger partial charge on any atom is -0.325 e. The van der Waals surface area contributed by atoms with Crippen molar-refractivity contribution in [3.05, 3.63) is 40.1 Å². The van der Waals surface area contributed by atoms with Crippen LogP contribution in [0.4, 0.5) is 0 Å². The van der Waals surface area contributed by atoms with Gasteiger partial charge in [0.25, 0.3) is 0 Å². The summed E-state index contributed by atoms with van der Waals surface area (Å²) in [5.41, 5.74) is 6.26. The van der Waals surface area contributed by atoms with Crippen molar-refractivity contribution in [1.82, 2.24) is 4.98 Å². The molecule has 0 fully saturated rings. The predicted octanol–water partition coefficient (Wildman–Crippen LogP) is 3.00. The highest BCUT2D eigenvalue weighted by molar-refractivity contribution is 6.35. The Hall–Kier alpha value is -0.830. The van der Waals surface area contributed by atoms with E-state index in [0.29, 0.717) is 16.7 Å². The van der Waals surface area contributed by atoms with Crippen LogP contribution in [0.1, 0.15) is 5.69 Å². The van der Waals surface area contributed by atoms with Crippen molar-refractivity contribution < 1.29 is 0 Å². The second-order valence-corrected chi connectivity index (χ2v) is 3.77. The molecule has 1 heterocycles. The van der Waals surface area contributed by atoms with E-state index in [1.54, 1.807) is 6.07 Å². The molecule has 2 nitrogen and oxygen atoms in total. The maximum absolute atomic E-state index is 5.98. The Labute approximate surface area is 91.6 Å². The second-order valence-electron chi connectivity index (χ2n) is 2.97. The van der Waals surface area contributed by atoms with Gasteiger partial charge in [-0.1, -0.05) is 23.2 Å². The zero-order chi connectivity index (χ0) is 10.1. The summed E-state index contributed by atoms with van der Waals surface area (Å²) in [6.07, 6.45) is 0. The van der Waals surface area contributed by atoms with Gasteiger partial charge in [-0.3, -0.25) is 0 Å². The van der Waals surface area contributed by atoms with E-state index in [0.717, 1.165) is 16.5 Å². The summed E-state index contributed by atoms with van der Waals surface area (Å²) in [5.74, 6) is 0. The van der Waals surface area contributed by atoms with Crippen molar-refractivity contribution in [1.29, 1.82) is 0 Å². The fourth-order valence-corrected chi connectivity index (χ4v) is 1.80. The minimum atomic E-state index is 0.377. The molecule has 0 spiro atoms. The molecule has 0 saturated carbocycles. The van der Waals surface area contributed by atoms with Crippen molar-refractivity contribution >= 4 is 34.0 Å². The first-order valence-electron chi connectivity index (χ1n) is 4.15. The van der Waals surface area contributed by atoms with E-state index in [9.17, 15) is 0 Å². The molecule has 0 radical (unpaired) electrons. The molecule has 1 aromatic heterocycles. The summed E-state index contributed by atoms with van der Waals surface area (Å²) < 4.78 is 0. The van der Waals surface area contributed by atoms with Gasteiger partial charge in [-0.2, -0.15) is 0 Å². The summed E-state index contributed by atoms with van der Waals surface area (Å²) in [7, 11) is 0. The summed E-state index contributed by atoms with van der Waals surface area (Å²) >= 11 is 11.9. The Morgan fingerprint density at radius 1 is 1.21 bits per heavy atom. The number of fused-ring (bicyclic) bond motifs is 1. The first-order chi connectivity index (χ1) is 6.70. The van der Waals surface area contributed by atoms with Crippen LogP contribution >= 0.6 is 23.2 Å².